The number of ketones is 1. The lowest BCUT2D eigenvalue weighted by Crippen LogP contribution is -2.25. The van der Waals surface area contributed by atoms with Gasteiger partial charge in [0.15, 0.2) is 11.5 Å². The Hall–Kier alpha value is -2.83. The van der Waals surface area contributed by atoms with E-state index in [2.05, 4.69) is 32.9 Å². The maximum atomic E-state index is 13.4. The molecule has 1 saturated carbocycles. The lowest BCUT2D eigenvalue weighted by Gasteiger charge is -2.26. The third kappa shape index (κ3) is 3.71. The maximum Gasteiger partial charge on any atom is 0.231 e. The molecule has 1 aliphatic heterocycles. The van der Waals surface area contributed by atoms with Crippen LogP contribution in [0.2, 0.25) is 0 Å². The van der Waals surface area contributed by atoms with E-state index >= 15 is 0 Å². The highest BCUT2D eigenvalue weighted by atomic mass is 16.7. The highest BCUT2D eigenvalue weighted by molar-refractivity contribution is 5.95. The van der Waals surface area contributed by atoms with Crippen LogP contribution in [0.3, 0.4) is 0 Å². The van der Waals surface area contributed by atoms with Crippen LogP contribution in [0.4, 0.5) is 0 Å². The van der Waals surface area contributed by atoms with Gasteiger partial charge in [-0.2, -0.15) is 0 Å². The van der Waals surface area contributed by atoms with E-state index in [0.29, 0.717) is 12.2 Å². The van der Waals surface area contributed by atoms with Crippen molar-refractivity contribution in [3.8, 4) is 11.5 Å². The zero-order chi connectivity index (χ0) is 23.4. The van der Waals surface area contributed by atoms with Crippen LogP contribution in [0.1, 0.15) is 56.5 Å². The largest absolute Gasteiger partial charge is 0.454 e. The summed E-state index contributed by atoms with van der Waals surface area (Å²) >= 11 is 0. The smallest absolute Gasteiger partial charge is 0.231 e. The Bertz CT molecular complexity index is 1210. The van der Waals surface area contributed by atoms with E-state index in [1.807, 2.05) is 34.9 Å². The first-order chi connectivity index (χ1) is 15.8. The van der Waals surface area contributed by atoms with Crippen molar-refractivity contribution >= 4 is 16.7 Å². The van der Waals surface area contributed by atoms with Crippen LogP contribution < -0.4 is 9.47 Å². The number of rotatable bonds is 7. The summed E-state index contributed by atoms with van der Waals surface area (Å²) in [6.45, 7) is 6.31. The van der Waals surface area contributed by atoms with Gasteiger partial charge in [0.25, 0.3) is 0 Å². The van der Waals surface area contributed by atoms with Gasteiger partial charge in [-0.05, 0) is 54.3 Å². The lowest BCUT2D eigenvalue weighted by molar-refractivity contribution is -0.120. The number of aromatic nitrogens is 1. The van der Waals surface area contributed by atoms with Crippen LogP contribution >= 0.6 is 0 Å². The van der Waals surface area contributed by atoms with Crippen LogP contribution in [0, 0.1) is 0 Å². The van der Waals surface area contributed by atoms with Crippen LogP contribution in [0.25, 0.3) is 10.9 Å². The van der Waals surface area contributed by atoms with Gasteiger partial charge in [0, 0.05) is 28.4 Å². The zero-order valence-corrected chi connectivity index (χ0v) is 19.4. The summed E-state index contributed by atoms with van der Waals surface area (Å²) in [5.74, 6) is 1.67. The molecule has 3 aromatic rings. The monoisotopic (exact) mass is 449 g/mol. The lowest BCUT2D eigenvalue weighted by atomic mass is 9.87. The number of ether oxygens (including phenoxy) is 2. The number of carbonyl (C=O) groups excluding carboxylic acids is 1. The second kappa shape index (κ2) is 7.89. The fourth-order valence-electron chi connectivity index (χ4n) is 4.99. The Morgan fingerprint density at radius 3 is 2.42 bits per heavy atom. The topological polar surface area (TPSA) is 80.9 Å². The van der Waals surface area contributed by atoms with Crippen molar-refractivity contribution in [2.45, 2.75) is 56.9 Å². The van der Waals surface area contributed by atoms with Gasteiger partial charge >= 0.3 is 0 Å². The summed E-state index contributed by atoms with van der Waals surface area (Å²) in [5.41, 5.74) is 3.40. The standard InChI is InChI=1S/C27H31NO5/c1-26(2,3)24-12-18-10-17(4-6-21(18)28(24)20(14-29)15-30)11-25(31)27(8-9-27)19-5-7-22-23(13-19)33-16-32-22/h4-7,10,12-13,20,29-30H,8-9,11,14-16H2,1-3H3. The molecule has 1 aromatic heterocycles. The first kappa shape index (κ1) is 22.0. The number of nitrogens with zero attached hydrogens (tertiary/aromatic N) is 1. The van der Waals surface area contributed by atoms with Gasteiger partial charge in [-0.15, -0.1) is 0 Å². The molecular formula is C27H31NO5. The molecule has 6 nitrogen and oxygen atoms in total. The molecule has 5 rings (SSSR count). The molecule has 33 heavy (non-hydrogen) atoms. The fourth-order valence-corrected chi connectivity index (χ4v) is 4.99. The van der Waals surface area contributed by atoms with E-state index in [4.69, 9.17) is 9.47 Å². The van der Waals surface area contributed by atoms with Crippen molar-refractivity contribution in [3.63, 3.8) is 0 Å². The number of fused-ring (bicyclic) bond motifs is 2. The molecule has 0 atom stereocenters. The third-order valence-corrected chi connectivity index (χ3v) is 7.03. The van der Waals surface area contributed by atoms with Gasteiger partial charge in [0.05, 0.1) is 24.7 Å². The normalized spacial score (nSPS) is 16.5. The SMILES string of the molecule is CC(C)(C)c1cc2cc(CC(=O)C3(c4ccc5c(c4)OCO5)CC3)ccc2n1C(CO)CO. The maximum absolute atomic E-state index is 13.4. The number of hydrogen-bond acceptors (Lipinski definition) is 5. The summed E-state index contributed by atoms with van der Waals surface area (Å²) in [7, 11) is 0. The Kier molecular flexibility index (Phi) is 5.26. The molecule has 2 aliphatic rings. The summed E-state index contributed by atoms with van der Waals surface area (Å²) in [6.07, 6.45) is 2.07. The van der Waals surface area contributed by atoms with Crippen molar-refractivity contribution in [2.24, 2.45) is 0 Å². The fraction of sp³-hybridized carbons (Fsp3) is 0.444. The minimum atomic E-state index is -0.433. The van der Waals surface area contributed by atoms with Crippen LogP contribution in [-0.4, -0.2) is 40.6 Å². The number of aliphatic hydroxyl groups is 2. The molecule has 174 valence electrons. The van der Waals surface area contributed by atoms with Crippen molar-refractivity contribution in [3.05, 3.63) is 59.3 Å². The van der Waals surface area contributed by atoms with Gasteiger partial charge < -0.3 is 24.3 Å². The molecule has 1 fully saturated rings. The minimum absolute atomic E-state index is 0.137. The molecule has 0 spiro atoms. The second-order valence-corrected chi connectivity index (χ2v) is 10.3. The molecule has 0 bridgehead atoms. The summed E-state index contributed by atoms with van der Waals surface area (Å²) in [5, 5.41) is 20.7. The van der Waals surface area contributed by atoms with E-state index in [1.165, 1.54) is 0 Å². The summed E-state index contributed by atoms with van der Waals surface area (Å²) in [6, 6.07) is 13.6. The highest BCUT2D eigenvalue weighted by Crippen LogP contribution is 2.51. The first-order valence-electron chi connectivity index (χ1n) is 11.6. The molecule has 6 heteroatoms. The summed E-state index contributed by atoms with van der Waals surface area (Å²) < 4.78 is 13.0. The molecule has 1 aliphatic carbocycles. The van der Waals surface area contributed by atoms with Crippen molar-refractivity contribution in [2.75, 3.05) is 20.0 Å². The van der Waals surface area contributed by atoms with Crippen molar-refractivity contribution in [1.82, 2.24) is 4.57 Å². The number of hydrogen-bond donors (Lipinski definition) is 2. The number of benzene rings is 2. The molecule has 0 unspecified atom stereocenters. The highest BCUT2D eigenvalue weighted by Gasteiger charge is 2.50. The van der Waals surface area contributed by atoms with Gasteiger partial charge in [0.1, 0.15) is 5.78 Å². The molecule has 2 N–H and O–H groups in total. The van der Waals surface area contributed by atoms with E-state index < -0.39 is 11.5 Å². The average Bonchev–Trinajstić information content (AvgIpc) is 3.31. The molecule has 2 aromatic carbocycles. The predicted molar refractivity (Wildman–Crippen MR) is 126 cm³/mol. The predicted octanol–water partition coefficient (Wildman–Crippen LogP) is 4.04. The Balaban J connectivity index is 1.45. The van der Waals surface area contributed by atoms with Crippen molar-refractivity contribution in [1.29, 1.82) is 0 Å². The van der Waals surface area contributed by atoms with Gasteiger partial charge in [-0.3, -0.25) is 4.79 Å². The van der Waals surface area contributed by atoms with E-state index in [9.17, 15) is 15.0 Å². The Morgan fingerprint density at radius 1 is 1.03 bits per heavy atom. The zero-order valence-electron chi connectivity index (χ0n) is 19.4. The first-order valence-corrected chi connectivity index (χ1v) is 11.6. The molecule has 0 saturated heterocycles. The van der Waals surface area contributed by atoms with E-state index in [0.717, 1.165) is 46.3 Å². The Morgan fingerprint density at radius 2 is 1.76 bits per heavy atom. The van der Waals surface area contributed by atoms with Crippen molar-refractivity contribution < 1.29 is 24.5 Å². The van der Waals surface area contributed by atoms with Crippen LogP contribution in [0.5, 0.6) is 11.5 Å². The quantitative estimate of drug-likeness (QED) is 0.569. The summed E-state index contributed by atoms with van der Waals surface area (Å²) in [4.78, 5) is 13.4. The molecule has 0 radical (unpaired) electrons. The second-order valence-electron chi connectivity index (χ2n) is 10.3. The number of Topliss-reactive ketones (excluding diaryl/α,β-unsaturated/α-hetero) is 1. The average molecular weight is 450 g/mol. The minimum Gasteiger partial charge on any atom is -0.454 e. The molecular weight excluding hydrogens is 418 g/mol. The third-order valence-electron chi connectivity index (χ3n) is 7.03. The van der Waals surface area contributed by atoms with Crippen LogP contribution in [0.15, 0.2) is 42.5 Å². The van der Waals surface area contributed by atoms with E-state index in [-0.39, 0.29) is 31.2 Å². The van der Waals surface area contributed by atoms with Gasteiger partial charge in [-0.25, -0.2) is 0 Å². The van der Waals surface area contributed by atoms with E-state index in [1.54, 1.807) is 0 Å². The molecule has 2 heterocycles. The van der Waals surface area contributed by atoms with Gasteiger partial charge in [0.2, 0.25) is 6.79 Å². The molecule has 0 amide bonds. The van der Waals surface area contributed by atoms with Crippen LogP contribution in [-0.2, 0) is 22.0 Å². The number of carbonyl (C=O) groups is 1. The number of aliphatic hydroxyl groups excluding tert-OH is 2. The van der Waals surface area contributed by atoms with Gasteiger partial charge in [-0.1, -0.05) is 32.9 Å². The Labute approximate surface area is 193 Å².